The molecule has 2 unspecified atom stereocenters. The Labute approximate surface area is 189 Å². The number of halogens is 6. The molecule has 1 heterocycles. The molecule has 1 saturated heterocycles. The van der Waals surface area contributed by atoms with Crippen molar-refractivity contribution in [2.45, 2.75) is 24.7 Å². The predicted molar refractivity (Wildman–Crippen MR) is 109 cm³/mol. The van der Waals surface area contributed by atoms with Crippen LogP contribution in [-0.2, 0) is 17.1 Å². The Balaban J connectivity index is 1.43. The lowest BCUT2D eigenvalue weighted by Crippen LogP contribution is -2.49. The van der Waals surface area contributed by atoms with Crippen LogP contribution in [0.5, 0.6) is 0 Å². The number of hydrogen-bond donors (Lipinski definition) is 0. The zero-order valence-corrected chi connectivity index (χ0v) is 17.6. The average molecular weight is 487 g/mol. The molecule has 2 fully saturated rings. The molecule has 0 radical (unpaired) electrons. The van der Waals surface area contributed by atoms with E-state index in [-0.39, 0.29) is 43.3 Å². The molecule has 1 aliphatic carbocycles. The number of nitrogens with zero attached hydrogens (tertiary/aromatic N) is 3. The smallest absolute Gasteiger partial charge is 0.362 e. The van der Waals surface area contributed by atoms with Gasteiger partial charge in [0.15, 0.2) is 0 Å². The summed E-state index contributed by atoms with van der Waals surface area (Å²) in [6.45, 7) is 0.602. The largest absolute Gasteiger partial charge is 0.416 e. The number of nitro benzene ring substituents is 1. The minimum atomic E-state index is -4.72. The highest BCUT2D eigenvalue weighted by atomic mass is 19.4. The number of amides is 1. The summed E-state index contributed by atoms with van der Waals surface area (Å²) < 4.78 is 78.7. The lowest BCUT2D eigenvalue weighted by Gasteiger charge is -2.36. The summed E-state index contributed by atoms with van der Waals surface area (Å²) in [5, 5.41) is 11.3. The molecule has 2 aromatic carbocycles. The zero-order chi connectivity index (χ0) is 24.8. The van der Waals surface area contributed by atoms with Crippen molar-refractivity contribution >= 4 is 17.3 Å². The molecule has 0 aromatic heterocycles. The van der Waals surface area contributed by atoms with E-state index in [4.69, 9.17) is 0 Å². The molecule has 1 amide bonds. The highest BCUT2D eigenvalue weighted by Crippen LogP contribution is 2.51. The second-order valence-corrected chi connectivity index (χ2v) is 8.30. The van der Waals surface area contributed by atoms with Crippen LogP contribution in [0.25, 0.3) is 0 Å². The van der Waals surface area contributed by atoms with Crippen LogP contribution >= 0.6 is 0 Å². The van der Waals surface area contributed by atoms with Gasteiger partial charge in [-0.15, -0.1) is 0 Å². The van der Waals surface area contributed by atoms with Gasteiger partial charge in [-0.1, -0.05) is 18.2 Å². The standard InChI is InChI=1S/C22H19F6N3O3/c23-21(24,25)13-5-6-18(19(11-13)31(33)34)29-7-9-30(10-8-29)20(32)16-12-15(16)14-3-1-2-4-17(14)22(26,27)28/h1-6,11,15-16H,7-10,12H2. The van der Waals surface area contributed by atoms with E-state index in [1.165, 1.54) is 28.0 Å². The SMILES string of the molecule is O=C(C1CC1c1ccccc1C(F)(F)F)N1CCN(c2ccc(C(F)(F)F)cc2[N+](=O)[O-])CC1. The number of carbonyl (C=O) groups excluding carboxylic acids is 1. The van der Waals surface area contributed by atoms with E-state index in [2.05, 4.69) is 0 Å². The van der Waals surface area contributed by atoms with Crippen LogP contribution < -0.4 is 4.90 Å². The number of carbonyl (C=O) groups is 1. The van der Waals surface area contributed by atoms with Gasteiger partial charge in [0, 0.05) is 38.2 Å². The van der Waals surface area contributed by atoms with Gasteiger partial charge in [-0.3, -0.25) is 14.9 Å². The number of alkyl halides is 6. The molecule has 1 aliphatic heterocycles. The molecule has 4 rings (SSSR count). The van der Waals surface area contributed by atoms with Crippen LogP contribution in [-0.4, -0.2) is 41.9 Å². The first-order valence-corrected chi connectivity index (χ1v) is 10.4. The van der Waals surface area contributed by atoms with Crippen molar-refractivity contribution in [2.24, 2.45) is 5.92 Å². The van der Waals surface area contributed by atoms with Gasteiger partial charge in [-0.25, -0.2) is 0 Å². The molecule has 182 valence electrons. The fourth-order valence-corrected chi connectivity index (χ4v) is 4.41. The third-order valence-corrected chi connectivity index (χ3v) is 6.20. The maximum absolute atomic E-state index is 13.3. The Morgan fingerprint density at radius 1 is 0.941 bits per heavy atom. The second kappa shape index (κ2) is 8.48. The highest BCUT2D eigenvalue weighted by molar-refractivity contribution is 5.83. The van der Waals surface area contributed by atoms with Crippen LogP contribution in [0.4, 0.5) is 37.7 Å². The van der Waals surface area contributed by atoms with Crippen molar-refractivity contribution < 1.29 is 36.1 Å². The summed E-state index contributed by atoms with van der Waals surface area (Å²) in [7, 11) is 0. The summed E-state index contributed by atoms with van der Waals surface area (Å²) in [5.41, 5.74) is -2.45. The van der Waals surface area contributed by atoms with Gasteiger partial charge in [0.05, 0.1) is 16.1 Å². The third-order valence-electron chi connectivity index (χ3n) is 6.20. The number of nitro groups is 1. The van der Waals surface area contributed by atoms with Crippen molar-refractivity contribution in [3.05, 3.63) is 69.3 Å². The van der Waals surface area contributed by atoms with E-state index in [1.807, 2.05) is 0 Å². The van der Waals surface area contributed by atoms with Crippen LogP contribution in [0.1, 0.15) is 29.0 Å². The summed E-state index contributed by atoms with van der Waals surface area (Å²) >= 11 is 0. The van der Waals surface area contributed by atoms with E-state index < -0.39 is 45.9 Å². The maximum atomic E-state index is 13.3. The molecule has 2 aliphatic rings. The molecule has 2 aromatic rings. The van der Waals surface area contributed by atoms with Crippen molar-refractivity contribution in [2.75, 3.05) is 31.1 Å². The highest BCUT2D eigenvalue weighted by Gasteiger charge is 2.49. The number of benzene rings is 2. The third kappa shape index (κ3) is 4.66. The number of rotatable bonds is 4. The van der Waals surface area contributed by atoms with Gasteiger partial charge in [-0.2, -0.15) is 26.3 Å². The van der Waals surface area contributed by atoms with Crippen LogP contribution in [0.2, 0.25) is 0 Å². The van der Waals surface area contributed by atoms with Gasteiger partial charge >= 0.3 is 12.4 Å². The minimum absolute atomic E-state index is 0.0218. The maximum Gasteiger partial charge on any atom is 0.416 e. The minimum Gasteiger partial charge on any atom is -0.362 e. The molecule has 0 spiro atoms. The van der Waals surface area contributed by atoms with E-state index in [1.54, 1.807) is 0 Å². The fraction of sp³-hybridized carbons (Fsp3) is 0.409. The van der Waals surface area contributed by atoms with E-state index in [0.29, 0.717) is 12.5 Å². The number of anilines is 1. The Morgan fingerprint density at radius 2 is 1.59 bits per heavy atom. The molecule has 6 nitrogen and oxygen atoms in total. The van der Waals surface area contributed by atoms with Crippen molar-refractivity contribution in [1.29, 1.82) is 0 Å². The molecule has 12 heteroatoms. The van der Waals surface area contributed by atoms with Crippen LogP contribution in [0.15, 0.2) is 42.5 Å². The van der Waals surface area contributed by atoms with Crippen LogP contribution in [0.3, 0.4) is 0 Å². The van der Waals surface area contributed by atoms with E-state index in [0.717, 1.165) is 18.2 Å². The van der Waals surface area contributed by atoms with Crippen molar-refractivity contribution in [3.8, 4) is 0 Å². The second-order valence-electron chi connectivity index (χ2n) is 8.30. The van der Waals surface area contributed by atoms with Gasteiger partial charge in [-0.05, 0) is 36.1 Å². The van der Waals surface area contributed by atoms with E-state index >= 15 is 0 Å². The van der Waals surface area contributed by atoms with Gasteiger partial charge < -0.3 is 9.80 Å². The molecule has 1 saturated carbocycles. The first-order valence-electron chi connectivity index (χ1n) is 10.4. The average Bonchev–Trinajstić information content (AvgIpc) is 3.58. The Hall–Kier alpha value is -3.31. The first kappa shape index (κ1) is 23.8. The topological polar surface area (TPSA) is 66.7 Å². The Morgan fingerprint density at radius 3 is 2.18 bits per heavy atom. The summed E-state index contributed by atoms with van der Waals surface area (Å²) in [6, 6.07) is 7.47. The zero-order valence-electron chi connectivity index (χ0n) is 17.6. The lowest BCUT2D eigenvalue weighted by atomic mass is 10.0. The monoisotopic (exact) mass is 487 g/mol. The Kier molecular flexibility index (Phi) is 5.94. The van der Waals surface area contributed by atoms with Crippen molar-refractivity contribution in [3.63, 3.8) is 0 Å². The van der Waals surface area contributed by atoms with Gasteiger partial charge in [0.25, 0.3) is 5.69 Å². The Bertz CT molecular complexity index is 1110. The lowest BCUT2D eigenvalue weighted by molar-refractivity contribution is -0.384. The number of piperazine rings is 1. The molecule has 34 heavy (non-hydrogen) atoms. The normalized spacial score (nSPS) is 20.9. The fourth-order valence-electron chi connectivity index (χ4n) is 4.41. The molecular weight excluding hydrogens is 468 g/mol. The first-order chi connectivity index (χ1) is 15.9. The van der Waals surface area contributed by atoms with E-state index in [9.17, 15) is 41.3 Å². The van der Waals surface area contributed by atoms with Crippen LogP contribution in [0, 0.1) is 16.0 Å². The molecule has 2 atom stereocenters. The summed E-state index contributed by atoms with van der Waals surface area (Å²) in [5.74, 6) is -1.39. The van der Waals surface area contributed by atoms with Crippen molar-refractivity contribution in [1.82, 2.24) is 4.90 Å². The summed E-state index contributed by atoms with van der Waals surface area (Å²) in [6.07, 6.45) is -8.94. The van der Waals surface area contributed by atoms with Gasteiger partial charge in [0.2, 0.25) is 5.91 Å². The molecule has 0 N–H and O–H groups in total. The van der Waals surface area contributed by atoms with Gasteiger partial charge in [0.1, 0.15) is 5.69 Å². The molecular formula is C22H19F6N3O3. The number of hydrogen-bond acceptors (Lipinski definition) is 4. The quantitative estimate of drug-likeness (QED) is 0.343. The predicted octanol–water partition coefficient (Wildman–Crippen LogP) is 5.08. The molecule has 0 bridgehead atoms. The summed E-state index contributed by atoms with van der Waals surface area (Å²) in [4.78, 5) is 26.4.